The molecule has 2 aliphatic carbocycles. The predicted molar refractivity (Wildman–Crippen MR) is 137 cm³/mol. The van der Waals surface area contributed by atoms with Crippen LogP contribution < -0.4 is 5.32 Å². The molecule has 3 atom stereocenters. The van der Waals surface area contributed by atoms with E-state index in [9.17, 15) is 4.79 Å². The standard InChI is InChI=1S/C28H36ClNOS/c1-18(2)20-8-7-19-9-12-25-27(3,13-6-14-28(25,4)23(19)15-20)17-30-26(31)22-16-21(32-5)10-11-24(22)29/h7-8,10-11,15-16,18,25H,6,9,12-14,17H2,1-5H3,(H,30,31)/t25-,27+,28+/m0/s1. The summed E-state index contributed by atoms with van der Waals surface area (Å²) in [6.45, 7) is 10.1. The lowest BCUT2D eigenvalue weighted by molar-refractivity contribution is 0.0254. The average Bonchev–Trinajstić information content (AvgIpc) is 2.77. The van der Waals surface area contributed by atoms with E-state index < -0.39 is 0 Å². The highest BCUT2D eigenvalue weighted by Gasteiger charge is 2.51. The number of halogens is 1. The van der Waals surface area contributed by atoms with Gasteiger partial charge >= 0.3 is 0 Å². The molecule has 0 aliphatic heterocycles. The van der Waals surface area contributed by atoms with Gasteiger partial charge in [0, 0.05) is 11.4 Å². The summed E-state index contributed by atoms with van der Waals surface area (Å²) >= 11 is 7.99. The summed E-state index contributed by atoms with van der Waals surface area (Å²) in [6.07, 6.45) is 7.94. The van der Waals surface area contributed by atoms with Crippen molar-refractivity contribution in [1.29, 1.82) is 0 Å². The van der Waals surface area contributed by atoms with Crippen LogP contribution >= 0.6 is 23.4 Å². The van der Waals surface area contributed by atoms with Crippen molar-refractivity contribution in [1.82, 2.24) is 5.32 Å². The third-order valence-electron chi connectivity index (χ3n) is 8.24. The number of nitrogens with one attached hydrogen (secondary N) is 1. The number of benzene rings is 2. The van der Waals surface area contributed by atoms with Gasteiger partial charge in [0.15, 0.2) is 0 Å². The van der Waals surface area contributed by atoms with E-state index in [0.29, 0.717) is 29.0 Å². The quantitative estimate of drug-likeness (QED) is 0.456. The first kappa shape index (κ1) is 23.7. The topological polar surface area (TPSA) is 29.1 Å². The Morgan fingerprint density at radius 2 is 1.97 bits per heavy atom. The van der Waals surface area contributed by atoms with Gasteiger partial charge in [-0.05, 0) is 89.5 Å². The Kier molecular flexibility index (Phi) is 6.71. The molecule has 2 nitrogen and oxygen atoms in total. The van der Waals surface area contributed by atoms with Gasteiger partial charge in [-0.15, -0.1) is 11.8 Å². The van der Waals surface area contributed by atoms with Gasteiger partial charge in [-0.2, -0.15) is 0 Å². The number of carbonyl (C=O) groups excluding carboxylic acids is 1. The Morgan fingerprint density at radius 1 is 1.19 bits per heavy atom. The lowest BCUT2D eigenvalue weighted by atomic mass is 9.49. The highest BCUT2D eigenvalue weighted by atomic mass is 35.5. The van der Waals surface area contributed by atoms with Crippen LogP contribution in [0, 0.1) is 11.3 Å². The van der Waals surface area contributed by atoms with Crippen molar-refractivity contribution in [3.63, 3.8) is 0 Å². The second kappa shape index (κ2) is 9.06. The minimum absolute atomic E-state index is 0.0577. The minimum atomic E-state index is -0.0577. The summed E-state index contributed by atoms with van der Waals surface area (Å²) in [7, 11) is 0. The Hall–Kier alpha value is -1.45. The molecule has 0 spiro atoms. The van der Waals surface area contributed by atoms with Gasteiger partial charge < -0.3 is 5.32 Å². The molecule has 0 heterocycles. The summed E-state index contributed by atoms with van der Waals surface area (Å²) in [5.74, 6) is 1.05. The summed E-state index contributed by atoms with van der Waals surface area (Å²) < 4.78 is 0. The molecule has 0 radical (unpaired) electrons. The summed E-state index contributed by atoms with van der Waals surface area (Å²) in [5.41, 5.74) is 5.37. The van der Waals surface area contributed by atoms with Crippen LogP contribution in [0.4, 0.5) is 0 Å². The van der Waals surface area contributed by atoms with Crippen LogP contribution in [-0.4, -0.2) is 18.7 Å². The monoisotopic (exact) mass is 469 g/mol. The molecular weight excluding hydrogens is 434 g/mol. The number of thioether (sulfide) groups is 1. The van der Waals surface area contributed by atoms with E-state index in [4.69, 9.17) is 11.6 Å². The van der Waals surface area contributed by atoms with Crippen LogP contribution in [0.5, 0.6) is 0 Å². The Bertz CT molecular complexity index is 1020. The third-order valence-corrected chi connectivity index (χ3v) is 9.30. The summed E-state index contributed by atoms with van der Waals surface area (Å²) in [6, 6.07) is 12.9. The first-order valence-corrected chi connectivity index (χ1v) is 13.5. The number of rotatable bonds is 5. The Balaban J connectivity index is 1.58. The number of fused-ring (bicyclic) bond motifs is 3. The van der Waals surface area contributed by atoms with Gasteiger partial charge in [0.25, 0.3) is 5.91 Å². The zero-order chi connectivity index (χ0) is 23.1. The molecule has 2 aromatic rings. The number of hydrogen-bond acceptors (Lipinski definition) is 2. The van der Waals surface area contributed by atoms with E-state index in [0.717, 1.165) is 17.7 Å². The minimum Gasteiger partial charge on any atom is -0.351 e. The molecule has 0 unspecified atom stereocenters. The number of aryl methyl sites for hydroxylation is 1. The fourth-order valence-electron chi connectivity index (χ4n) is 6.36. The SMILES string of the molecule is CSc1ccc(Cl)c(C(=O)NC[C@@]2(C)CCC[C@]3(C)c4cc(C(C)C)ccc4CC[C@@H]23)c1. The molecule has 1 amide bonds. The van der Waals surface area contributed by atoms with E-state index in [1.165, 1.54) is 30.4 Å². The highest BCUT2D eigenvalue weighted by molar-refractivity contribution is 7.98. The zero-order valence-electron chi connectivity index (χ0n) is 20.1. The van der Waals surface area contributed by atoms with Crippen molar-refractivity contribution in [2.75, 3.05) is 12.8 Å². The molecule has 4 heteroatoms. The van der Waals surface area contributed by atoms with E-state index in [1.54, 1.807) is 17.3 Å². The average molecular weight is 470 g/mol. The molecule has 0 aromatic heterocycles. The fraction of sp³-hybridized carbons (Fsp3) is 0.536. The molecule has 2 aliphatic rings. The van der Waals surface area contributed by atoms with Crippen molar-refractivity contribution in [3.8, 4) is 0 Å². The van der Waals surface area contributed by atoms with Crippen molar-refractivity contribution in [2.45, 2.75) is 76.0 Å². The molecule has 0 bridgehead atoms. The molecule has 32 heavy (non-hydrogen) atoms. The van der Waals surface area contributed by atoms with Gasteiger partial charge in [-0.3, -0.25) is 4.79 Å². The fourth-order valence-corrected chi connectivity index (χ4v) is 7.01. The third kappa shape index (κ3) is 4.23. The van der Waals surface area contributed by atoms with E-state index in [-0.39, 0.29) is 16.7 Å². The predicted octanol–water partition coefficient (Wildman–Crippen LogP) is 7.63. The maximum absolute atomic E-state index is 13.1. The molecule has 172 valence electrons. The van der Waals surface area contributed by atoms with E-state index in [1.807, 2.05) is 24.5 Å². The van der Waals surface area contributed by atoms with Crippen molar-refractivity contribution in [3.05, 3.63) is 63.7 Å². The first-order valence-electron chi connectivity index (χ1n) is 11.9. The molecule has 1 N–H and O–H groups in total. The number of carbonyl (C=O) groups is 1. The van der Waals surface area contributed by atoms with Crippen LogP contribution in [0.25, 0.3) is 0 Å². The summed E-state index contributed by atoms with van der Waals surface area (Å²) in [5, 5.41) is 3.79. The molecule has 0 saturated heterocycles. The molecule has 2 aromatic carbocycles. The summed E-state index contributed by atoms with van der Waals surface area (Å²) in [4.78, 5) is 14.1. The highest BCUT2D eigenvalue weighted by Crippen LogP contribution is 2.57. The zero-order valence-corrected chi connectivity index (χ0v) is 21.6. The van der Waals surface area contributed by atoms with E-state index in [2.05, 4.69) is 51.2 Å². The maximum Gasteiger partial charge on any atom is 0.252 e. The van der Waals surface area contributed by atoms with Crippen LogP contribution in [0.1, 0.15) is 86.3 Å². The number of hydrogen-bond donors (Lipinski definition) is 1. The van der Waals surface area contributed by atoms with E-state index >= 15 is 0 Å². The molecule has 1 saturated carbocycles. The van der Waals surface area contributed by atoms with Crippen LogP contribution in [-0.2, 0) is 11.8 Å². The first-order chi connectivity index (χ1) is 15.2. The van der Waals surface area contributed by atoms with Gasteiger partial charge in [0.05, 0.1) is 10.6 Å². The van der Waals surface area contributed by atoms with Gasteiger partial charge in [0.1, 0.15) is 0 Å². The van der Waals surface area contributed by atoms with Gasteiger partial charge in [-0.25, -0.2) is 0 Å². The molecular formula is C28H36ClNOS. The number of amides is 1. The van der Waals surface area contributed by atoms with Gasteiger partial charge in [0.2, 0.25) is 0 Å². The molecule has 1 fully saturated rings. The molecule has 4 rings (SSSR count). The maximum atomic E-state index is 13.1. The Morgan fingerprint density at radius 3 is 2.69 bits per heavy atom. The smallest absolute Gasteiger partial charge is 0.252 e. The second-order valence-electron chi connectivity index (χ2n) is 10.6. The lowest BCUT2D eigenvalue weighted by Crippen LogP contribution is -2.53. The second-order valence-corrected chi connectivity index (χ2v) is 11.9. The normalized spacial score (nSPS) is 27.0. The van der Waals surface area contributed by atoms with Crippen molar-refractivity contribution >= 4 is 29.3 Å². The Labute approximate surface area is 202 Å². The van der Waals surface area contributed by atoms with Crippen molar-refractivity contribution < 1.29 is 4.79 Å². The van der Waals surface area contributed by atoms with Crippen molar-refractivity contribution in [2.24, 2.45) is 11.3 Å². The lowest BCUT2D eigenvalue weighted by Gasteiger charge is -2.55. The largest absolute Gasteiger partial charge is 0.351 e. The van der Waals surface area contributed by atoms with Gasteiger partial charge in [-0.1, -0.05) is 63.9 Å². The van der Waals surface area contributed by atoms with Crippen LogP contribution in [0.2, 0.25) is 5.02 Å². The van der Waals surface area contributed by atoms with Crippen LogP contribution in [0.3, 0.4) is 0 Å². The van der Waals surface area contributed by atoms with Crippen LogP contribution in [0.15, 0.2) is 41.3 Å².